The smallest absolute Gasteiger partial charge is 0.258 e. The van der Waals surface area contributed by atoms with Gasteiger partial charge in [-0.3, -0.25) is 14.4 Å². The molecule has 176 valence electrons. The number of hydrogen-bond acceptors (Lipinski definition) is 4. The SMILES string of the molecule is CN(C)C(=O)CCc1ccc(NCC(=O)Nc2cccc(C(=O)N(C)c3ccccc3)c2)cc1. The van der Waals surface area contributed by atoms with Gasteiger partial charge in [0.2, 0.25) is 11.8 Å². The number of anilines is 3. The van der Waals surface area contributed by atoms with Crippen LogP contribution >= 0.6 is 0 Å². The molecule has 0 radical (unpaired) electrons. The van der Waals surface area contributed by atoms with Crippen LogP contribution in [-0.2, 0) is 16.0 Å². The van der Waals surface area contributed by atoms with E-state index in [-0.39, 0.29) is 24.3 Å². The molecule has 0 aliphatic carbocycles. The normalized spacial score (nSPS) is 10.3. The van der Waals surface area contributed by atoms with E-state index in [1.165, 1.54) is 0 Å². The van der Waals surface area contributed by atoms with E-state index in [4.69, 9.17) is 0 Å². The van der Waals surface area contributed by atoms with Crippen LogP contribution in [0.3, 0.4) is 0 Å². The van der Waals surface area contributed by atoms with Crippen molar-refractivity contribution in [1.82, 2.24) is 4.90 Å². The molecule has 0 saturated carbocycles. The third kappa shape index (κ3) is 6.93. The summed E-state index contributed by atoms with van der Waals surface area (Å²) in [6, 6.07) is 23.9. The summed E-state index contributed by atoms with van der Waals surface area (Å²) in [5.41, 5.74) is 3.71. The molecule has 3 aromatic rings. The summed E-state index contributed by atoms with van der Waals surface area (Å²) in [6.07, 6.45) is 1.14. The van der Waals surface area contributed by atoms with Gasteiger partial charge in [0.25, 0.3) is 5.91 Å². The Hall–Kier alpha value is -4.13. The Bertz CT molecular complexity index is 1130. The molecule has 0 aromatic heterocycles. The van der Waals surface area contributed by atoms with Gasteiger partial charge < -0.3 is 20.4 Å². The van der Waals surface area contributed by atoms with Crippen LogP contribution in [0.4, 0.5) is 17.1 Å². The van der Waals surface area contributed by atoms with E-state index in [9.17, 15) is 14.4 Å². The number of para-hydroxylation sites is 1. The molecule has 0 aliphatic heterocycles. The van der Waals surface area contributed by atoms with Crippen LogP contribution in [0, 0.1) is 0 Å². The zero-order valence-electron chi connectivity index (χ0n) is 19.7. The maximum absolute atomic E-state index is 12.8. The van der Waals surface area contributed by atoms with E-state index < -0.39 is 0 Å². The van der Waals surface area contributed by atoms with Crippen LogP contribution in [-0.4, -0.2) is 50.3 Å². The molecule has 3 aromatic carbocycles. The number of nitrogens with zero attached hydrogens (tertiary/aromatic N) is 2. The predicted molar refractivity (Wildman–Crippen MR) is 136 cm³/mol. The number of amides is 3. The quantitative estimate of drug-likeness (QED) is 0.507. The van der Waals surface area contributed by atoms with Gasteiger partial charge in [-0.05, 0) is 54.4 Å². The van der Waals surface area contributed by atoms with Gasteiger partial charge in [0.1, 0.15) is 0 Å². The topological polar surface area (TPSA) is 81.8 Å². The average Bonchev–Trinajstić information content (AvgIpc) is 2.86. The fraction of sp³-hybridized carbons (Fsp3) is 0.222. The molecule has 2 N–H and O–H groups in total. The summed E-state index contributed by atoms with van der Waals surface area (Å²) in [7, 11) is 5.22. The van der Waals surface area contributed by atoms with Crippen molar-refractivity contribution < 1.29 is 14.4 Å². The fourth-order valence-electron chi connectivity index (χ4n) is 3.34. The second kappa shape index (κ2) is 11.7. The zero-order valence-corrected chi connectivity index (χ0v) is 19.7. The van der Waals surface area contributed by atoms with E-state index in [1.807, 2.05) is 54.6 Å². The molecule has 0 heterocycles. The molecule has 0 bridgehead atoms. The fourth-order valence-corrected chi connectivity index (χ4v) is 3.34. The maximum atomic E-state index is 12.8. The summed E-state index contributed by atoms with van der Waals surface area (Å²) in [6.45, 7) is 0.0839. The molecule has 7 nitrogen and oxygen atoms in total. The number of carbonyl (C=O) groups is 3. The van der Waals surface area contributed by atoms with Gasteiger partial charge in [-0.15, -0.1) is 0 Å². The largest absolute Gasteiger partial charge is 0.376 e. The standard InChI is InChI=1S/C27H30N4O3/c1-30(2)26(33)17-14-20-12-15-22(16-13-20)28-19-25(32)29-23-9-7-8-21(18-23)27(34)31(3)24-10-5-4-6-11-24/h4-13,15-16,18,28H,14,17,19H2,1-3H3,(H,29,32). The Morgan fingerprint density at radius 3 is 2.18 bits per heavy atom. The minimum absolute atomic E-state index is 0.0839. The van der Waals surface area contributed by atoms with Crippen LogP contribution in [0.15, 0.2) is 78.9 Å². The van der Waals surface area contributed by atoms with E-state index in [0.717, 1.165) is 16.9 Å². The number of benzene rings is 3. The molecule has 0 fully saturated rings. The van der Waals surface area contributed by atoms with Crippen molar-refractivity contribution in [2.75, 3.05) is 43.2 Å². The van der Waals surface area contributed by atoms with E-state index in [1.54, 1.807) is 55.2 Å². The van der Waals surface area contributed by atoms with E-state index in [2.05, 4.69) is 10.6 Å². The third-order valence-corrected chi connectivity index (χ3v) is 5.37. The molecular formula is C27H30N4O3. The molecule has 0 aliphatic rings. The minimum Gasteiger partial charge on any atom is -0.376 e. The summed E-state index contributed by atoms with van der Waals surface area (Å²) in [5, 5.41) is 5.92. The Morgan fingerprint density at radius 2 is 1.50 bits per heavy atom. The predicted octanol–water partition coefficient (Wildman–Crippen LogP) is 4.03. The number of rotatable bonds is 9. The first-order valence-corrected chi connectivity index (χ1v) is 11.1. The van der Waals surface area contributed by atoms with Crippen molar-refractivity contribution in [2.24, 2.45) is 0 Å². The molecule has 0 spiro atoms. The van der Waals surface area contributed by atoms with Crippen molar-refractivity contribution in [2.45, 2.75) is 12.8 Å². The first kappa shape index (κ1) is 24.5. The van der Waals surface area contributed by atoms with Gasteiger partial charge in [-0.1, -0.05) is 36.4 Å². The second-order valence-electron chi connectivity index (χ2n) is 8.17. The van der Waals surface area contributed by atoms with Gasteiger partial charge >= 0.3 is 0 Å². The maximum Gasteiger partial charge on any atom is 0.258 e. The highest BCUT2D eigenvalue weighted by Crippen LogP contribution is 2.18. The lowest BCUT2D eigenvalue weighted by atomic mass is 10.1. The average molecular weight is 459 g/mol. The van der Waals surface area contributed by atoms with Crippen LogP contribution in [0.2, 0.25) is 0 Å². The molecule has 7 heteroatoms. The molecule has 34 heavy (non-hydrogen) atoms. The highest BCUT2D eigenvalue weighted by molar-refractivity contribution is 6.06. The number of nitrogens with one attached hydrogen (secondary N) is 2. The first-order valence-electron chi connectivity index (χ1n) is 11.1. The lowest BCUT2D eigenvalue weighted by Crippen LogP contribution is -2.26. The lowest BCUT2D eigenvalue weighted by Gasteiger charge is -2.17. The van der Waals surface area contributed by atoms with Crippen LogP contribution in [0.5, 0.6) is 0 Å². The Morgan fingerprint density at radius 1 is 0.794 bits per heavy atom. The highest BCUT2D eigenvalue weighted by Gasteiger charge is 2.14. The number of hydrogen-bond donors (Lipinski definition) is 2. The van der Waals surface area contributed by atoms with Gasteiger partial charge in [-0.2, -0.15) is 0 Å². The van der Waals surface area contributed by atoms with Crippen molar-refractivity contribution in [3.05, 3.63) is 90.0 Å². The van der Waals surface area contributed by atoms with Crippen molar-refractivity contribution in [1.29, 1.82) is 0 Å². The van der Waals surface area contributed by atoms with Crippen LogP contribution in [0.25, 0.3) is 0 Å². The van der Waals surface area contributed by atoms with Crippen molar-refractivity contribution >= 4 is 34.8 Å². The zero-order chi connectivity index (χ0) is 24.5. The molecule has 0 saturated heterocycles. The Balaban J connectivity index is 1.51. The minimum atomic E-state index is -0.221. The summed E-state index contributed by atoms with van der Waals surface area (Å²) in [5.74, 6) is -0.286. The summed E-state index contributed by atoms with van der Waals surface area (Å²) in [4.78, 5) is 40.1. The Labute approximate surface area is 200 Å². The van der Waals surface area contributed by atoms with Crippen LogP contribution in [0.1, 0.15) is 22.3 Å². The highest BCUT2D eigenvalue weighted by atomic mass is 16.2. The monoisotopic (exact) mass is 458 g/mol. The summed E-state index contributed by atoms with van der Waals surface area (Å²) >= 11 is 0. The number of carbonyl (C=O) groups excluding carboxylic acids is 3. The Kier molecular flexibility index (Phi) is 8.40. The van der Waals surface area contributed by atoms with Crippen molar-refractivity contribution in [3.8, 4) is 0 Å². The molecular weight excluding hydrogens is 428 g/mol. The molecule has 3 amide bonds. The molecule has 0 atom stereocenters. The molecule has 3 rings (SSSR count). The second-order valence-corrected chi connectivity index (χ2v) is 8.17. The molecule has 0 unspecified atom stereocenters. The van der Waals surface area contributed by atoms with Gasteiger partial charge in [-0.25, -0.2) is 0 Å². The van der Waals surface area contributed by atoms with E-state index >= 15 is 0 Å². The van der Waals surface area contributed by atoms with Gasteiger partial charge in [0.05, 0.1) is 6.54 Å². The lowest BCUT2D eigenvalue weighted by molar-refractivity contribution is -0.128. The van der Waals surface area contributed by atoms with Crippen molar-refractivity contribution in [3.63, 3.8) is 0 Å². The van der Waals surface area contributed by atoms with Gasteiger partial charge in [0.15, 0.2) is 0 Å². The number of aryl methyl sites for hydroxylation is 1. The third-order valence-electron chi connectivity index (χ3n) is 5.37. The van der Waals surface area contributed by atoms with Gasteiger partial charge in [0, 0.05) is 50.2 Å². The first-order chi connectivity index (χ1) is 16.3. The summed E-state index contributed by atoms with van der Waals surface area (Å²) < 4.78 is 0. The van der Waals surface area contributed by atoms with Crippen LogP contribution < -0.4 is 15.5 Å². The van der Waals surface area contributed by atoms with E-state index in [0.29, 0.717) is 24.1 Å².